The number of carbonyl (C=O) groups excluding carboxylic acids is 1. The predicted octanol–water partition coefficient (Wildman–Crippen LogP) is 6.27. The number of amides is 1. The molecule has 1 unspecified atom stereocenters. The number of benzene rings is 2. The quantitative estimate of drug-likeness (QED) is 0.560. The minimum absolute atomic E-state index is 0.179. The maximum atomic E-state index is 12.3. The molecule has 0 aliphatic carbocycles. The van der Waals surface area contributed by atoms with Gasteiger partial charge in [-0.25, -0.2) is 0 Å². The van der Waals surface area contributed by atoms with Gasteiger partial charge in [-0.15, -0.1) is 11.3 Å². The summed E-state index contributed by atoms with van der Waals surface area (Å²) in [5.74, 6) is -0.693. The monoisotopic (exact) mass is 400 g/mol. The Morgan fingerprint density at radius 1 is 1.19 bits per heavy atom. The van der Waals surface area contributed by atoms with E-state index in [2.05, 4.69) is 11.4 Å². The average Bonchev–Trinajstić information content (AvgIpc) is 3.16. The van der Waals surface area contributed by atoms with Crippen molar-refractivity contribution in [2.45, 2.75) is 12.8 Å². The molecule has 130 valence electrons. The van der Waals surface area contributed by atoms with Crippen LogP contribution in [0, 0.1) is 18.3 Å². The summed E-state index contributed by atoms with van der Waals surface area (Å²) in [6.45, 7) is 1.88. The molecule has 0 radical (unpaired) electrons. The zero-order valence-corrected chi connectivity index (χ0v) is 16.1. The van der Waals surface area contributed by atoms with Gasteiger partial charge < -0.3 is 5.32 Å². The summed E-state index contributed by atoms with van der Waals surface area (Å²) >= 11 is 13.7. The van der Waals surface area contributed by atoms with Crippen LogP contribution < -0.4 is 5.32 Å². The van der Waals surface area contributed by atoms with Gasteiger partial charge in [-0.3, -0.25) is 4.79 Å². The van der Waals surface area contributed by atoms with Crippen molar-refractivity contribution in [2.75, 3.05) is 5.32 Å². The second-order valence-corrected chi connectivity index (χ2v) is 7.53. The fourth-order valence-electron chi connectivity index (χ4n) is 2.63. The molecule has 3 nitrogen and oxygen atoms in total. The highest BCUT2D eigenvalue weighted by molar-refractivity contribution is 7.12. The highest BCUT2D eigenvalue weighted by Gasteiger charge is 2.19. The van der Waals surface area contributed by atoms with Crippen molar-refractivity contribution in [1.29, 1.82) is 5.26 Å². The number of aryl methyl sites for hydroxylation is 1. The molecule has 6 heteroatoms. The van der Waals surface area contributed by atoms with E-state index in [1.807, 2.05) is 36.6 Å². The van der Waals surface area contributed by atoms with E-state index in [-0.39, 0.29) is 5.91 Å². The molecule has 0 spiro atoms. The molecule has 0 fully saturated rings. The lowest BCUT2D eigenvalue weighted by Gasteiger charge is -2.16. The molecule has 2 aromatic carbocycles. The molecule has 1 N–H and O–H groups in total. The van der Waals surface area contributed by atoms with Crippen LogP contribution in [-0.2, 0) is 0 Å². The summed E-state index contributed by atoms with van der Waals surface area (Å²) < 4.78 is 0. The SMILES string of the molecule is Cc1cc(C(C#N)c2ccc(Cl)cc2)c(Cl)cc1NC(=O)c1cccs1. The van der Waals surface area contributed by atoms with Gasteiger partial charge in [0.15, 0.2) is 0 Å². The molecule has 1 atom stereocenters. The molecular weight excluding hydrogens is 387 g/mol. The lowest BCUT2D eigenvalue weighted by Crippen LogP contribution is -2.12. The van der Waals surface area contributed by atoms with Gasteiger partial charge in [-0.1, -0.05) is 47.5 Å². The minimum atomic E-state index is -0.513. The fraction of sp³-hybridized carbons (Fsp3) is 0.100. The number of anilines is 1. The van der Waals surface area contributed by atoms with Crippen molar-refractivity contribution >= 4 is 46.1 Å². The molecular formula is C20H14Cl2N2OS. The van der Waals surface area contributed by atoms with Crippen LogP contribution in [0.4, 0.5) is 5.69 Å². The van der Waals surface area contributed by atoms with E-state index >= 15 is 0 Å². The zero-order valence-electron chi connectivity index (χ0n) is 13.8. The zero-order chi connectivity index (χ0) is 18.7. The van der Waals surface area contributed by atoms with E-state index in [0.717, 1.165) is 11.1 Å². The molecule has 0 bridgehead atoms. The molecule has 26 heavy (non-hydrogen) atoms. The topological polar surface area (TPSA) is 52.9 Å². The smallest absolute Gasteiger partial charge is 0.265 e. The van der Waals surface area contributed by atoms with Gasteiger partial charge >= 0.3 is 0 Å². The number of nitrogens with one attached hydrogen (secondary N) is 1. The van der Waals surface area contributed by atoms with Crippen molar-refractivity contribution in [3.8, 4) is 6.07 Å². The number of carbonyl (C=O) groups is 1. The van der Waals surface area contributed by atoms with Gasteiger partial charge in [-0.05, 0) is 53.3 Å². The van der Waals surface area contributed by atoms with Crippen LogP contribution in [0.15, 0.2) is 53.9 Å². The Morgan fingerprint density at radius 2 is 1.92 bits per heavy atom. The highest BCUT2D eigenvalue weighted by Crippen LogP contribution is 2.34. The first-order valence-corrected chi connectivity index (χ1v) is 9.43. The Hall–Kier alpha value is -2.32. The molecule has 0 saturated carbocycles. The van der Waals surface area contributed by atoms with E-state index in [9.17, 15) is 10.1 Å². The first kappa shape index (κ1) is 18.5. The Kier molecular flexibility index (Phi) is 5.63. The normalized spacial score (nSPS) is 11.6. The lowest BCUT2D eigenvalue weighted by molar-refractivity contribution is 0.103. The van der Waals surface area contributed by atoms with Gasteiger partial charge in [0, 0.05) is 15.7 Å². The van der Waals surface area contributed by atoms with Gasteiger partial charge in [0.2, 0.25) is 0 Å². The maximum Gasteiger partial charge on any atom is 0.265 e. The van der Waals surface area contributed by atoms with Crippen molar-refractivity contribution in [2.24, 2.45) is 0 Å². The molecule has 3 aromatic rings. The summed E-state index contributed by atoms with van der Waals surface area (Å²) in [6.07, 6.45) is 0. The van der Waals surface area contributed by atoms with Gasteiger partial charge in [-0.2, -0.15) is 5.26 Å². The Morgan fingerprint density at radius 3 is 2.54 bits per heavy atom. The summed E-state index contributed by atoms with van der Waals surface area (Å²) in [5.41, 5.74) is 2.98. The van der Waals surface area contributed by atoms with Crippen LogP contribution >= 0.6 is 34.5 Å². The third-order valence-electron chi connectivity index (χ3n) is 3.98. The van der Waals surface area contributed by atoms with Crippen LogP contribution in [0.2, 0.25) is 10.0 Å². The molecule has 0 aliphatic rings. The summed E-state index contributed by atoms with van der Waals surface area (Å²) in [5, 5.41) is 15.4. The molecule has 1 aromatic heterocycles. The minimum Gasteiger partial charge on any atom is -0.321 e. The summed E-state index contributed by atoms with van der Waals surface area (Å²) in [6, 6.07) is 16.5. The van der Waals surface area contributed by atoms with Gasteiger partial charge in [0.1, 0.15) is 0 Å². The predicted molar refractivity (Wildman–Crippen MR) is 107 cm³/mol. The number of hydrogen-bond donors (Lipinski definition) is 1. The van der Waals surface area contributed by atoms with Crippen molar-refractivity contribution in [3.05, 3.63) is 85.5 Å². The number of rotatable bonds is 4. The largest absolute Gasteiger partial charge is 0.321 e. The first-order valence-electron chi connectivity index (χ1n) is 7.79. The summed E-state index contributed by atoms with van der Waals surface area (Å²) in [4.78, 5) is 12.9. The number of nitrogens with zero attached hydrogens (tertiary/aromatic N) is 1. The average molecular weight is 401 g/mol. The summed E-state index contributed by atoms with van der Waals surface area (Å²) in [7, 11) is 0. The van der Waals surface area contributed by atoms with Crippen LogP contribution in [0.1, 0.15) is 32.3 Å². The van der Waals surface area contributed by atoms with Crippen molar-refractivity contribution in [1.82, 2.24) is 0 Å². The number of halogens is 2. The Bertz CT molecular complexity index is 976. The van der Waals surface area contributed by atoms with Gasteiger partial charge in [0.05, 0.1) is 16.9 Å². The Balaban J connectivity index is 1.92. The lowest BCUT2D eigenvalue weighted by atomic mass is 9.91. The number of hydrogen-bond acceptors (Lipinski definition) is 3. The maximum absolute atomic E-state index is 12.3. The standard InChI is InChI=1S/C20H14Cl2N2OS/c1-12-9-15(16(11-23)13-4-6-14(21)7-5-13)17(22)10-18(12)24-20(25)19-3-2-8-26-19/h2-10,16H,1H3,(H,24,25). The van der Waals surface area contributed by atoms with Crippen molar-refractivity contribution < 1.29 is 4.79 Å². The fourth-order valence-corrected chi connectivity index (χ4v) is 3.65. The molecule has 0 aliphatic heterocycles. The third kappa shape index (κ3) is 3.91. The number of thiophene rings is 1. The van der Waals surface area contributed by atoms with E-state index in [0.29, 0.717) is 26.2 Å². The van der Waals surface area contributed by atoms with Crippen LogP contribution in [0.5, 0.6) is 0 Å². The van der Waals surface area contributed by atoms with E-state index < -0.39 is 5.92 Å². The molecule has 1 amide bonds. The number of nitriles is 1. The highest BCUT2D eigenvalue weighted by atomic mass is 35.5. The molecule has 0 saturated heterocycles. The second-order valence-electron chi connectivity index (χ2n) is 5.73. The second kappa shape index (κ2) is 7.92. The van der Waals surface area contributed by atoms with Gasteiger partial charge in [0.25, 0.3) is 5.91 Å². The third-order valence-corrected chi connectivity index (χ3v) is 5.43. The van der Waals surface area contributed by atoms with E-state index in [4.69, 9.17) is 23.2 Å². The Labute approximate surface area is 165 Å². The van der Waals surface area contributed by atoms with Crippen molar-refractivity contribution in [3.63, 3.8) is 0 Å². The van der Waals surface area contributed by atoms with Crippen LogP contribution in [-0.4, -0.2) is 5.91 Å². The molecule has 3 rings (SSSR count). The van der Waals surface area contributed by atoms with Crippen LogP contribution in [0.25, 0.3) is 0 Å². The van der Waals surface area contributed by atoms with E-state index in [1.165, 1.54) is 11.3 Å². The molecule has 1 heterocycles. The van der Waals surface area contributed by atoms with E-state index in [1.54, 1.807) is 24.3 Å². The first-order chi connectivity index (χ1) is 12.5. The van der Waals surface area contributed by atoms with Crippen LogP contribution in [0.3, 0.4) is 0 Å².